The summed E-state index contributed by atoms with van der Waals surface area (Å²) >= 11 is 0. The maximum Gasteiger partial charge on any atom is 0.236 e. The van der Waals surface area contributed by atoms with Crippen LogP contribution in [-0.4, -0.2) is 67.4 Å². The number of halogens is 1. The summed E-state index contributed by atoms with van der Waals surface area (Å²) in [6.45, 7) is 3.65. The van der Waals surface area contributed by atoms with Crippen LogP contribution in [0.25, 0.3) is 0 Å². The van der Waals surface area contributed by atoms with Gasteiger partial charge in [-0.1, -0.05) is 0 Å². The van der Waals surface area contributed by atoms with Gasteiger partial charge in [0.05, 0.1) is 12.5 Å². The van der Waals surface area contributed by atoms with Gasteiger partial charge in [0.25, 0.3) is 0 Å². The summed E-state index contributed by atoms with van der Waals surface area (Å²) in [7, 11) is 1.99. The van der Waals surface area contributed by atoms with Crippen molar-refractivity contribution in [2.24, 2.45) is 11.7 Å². The standard InChI is InChI=1S/C13H24N4O2.ClH/c1-16(11-4-5-15-7-11)9-12(18)17-6-2-3-10(8-17)13(14)19;/h10-11,15H,2-9H2,1H3,(H2,14,19);1H. The number of carbonyl (C=O) groups excluding carboxylic acids is 2. The zero-order chi connectivity index (χ0) is 13.8. The lowest BCUT2D eigenvalue weighted by molar-refractivity contribution is -0.136. The third-order valence-electron chi connectivity index (χ3n) is 4.22. The lowest BCUT2D eigenvalue weighted by atomic mass is 9.97. The summed E-state index contributed by atoms with van der Waals surface area (Å²) in [5, 5.41) is 3.30. The highest BCUT2D eigenvalue weighted by Crippen LogP contribution is 2.16. The van der Waals surface area contributed by atoms with Crippen LogP contribution in [0.5, 0.6) is 0 Å². The minimum Gasteiger partial charge on any atom is -0.369 e. The van der Waals surface area contributed by atoms with Crippen molar-refractivity contribution >= 4 is 24.2 Å². The molecule has 2 amide bonds. The molecule has 2 aliphatic rings. The van der Waals surface area contributed by atoms with Crippen LogP contribution >= 0.6 is 12.4 Å². The van der Waals surface area contributed by atoms with E-state index in [1.54, 1.807) is 4.90 Å². The average Bonchev–Trinajstić information content (AvgIpc) is 2.92. The highest BCUT2D eigenvalue weighted by Gasteiger charge is 2.28. The maximum atomic E-state index is 12.2. The second kappa shape index (κ2) is 7.81. The first-order chi connectivity index (χ1) is 9.08. The highest BCUT2D eigenvalue weighted by atomic mass is 35.5. The van der Waals surface area contributed by atoms with E-state index in [0.29, 0.717) is 19.1 Å². The number of nitrogens with two attached hydrogens (primary N) is 1. The third-order valence-corrected chi connectivity index (χ3v) is 4.22. The van der Waals surface area contributed by atoms with Gasteiger partial charge < -0.3 is 16.0 Å². The number of carbonyl (C=O) groups is 2. The molecule has 2 fully saturated rings. The number of hydrogen-bond donors (Lipinski definition) is 2. The number of amides is 2. The highest BCUT2D eigenvalue weighted by molar-refractivity contribution is 5.85. The van der Waals surface area contributed by atoms with Crippen LogP contribution in [0.4, 0.5) is 0 Å². The third kappa shape index (κ3) is 4.33. The van der Waals surface area contributed by atoms with Crippen LogP contribution in [0.15, 0.2) is 0 Å². The van der Waals surface area contributed by atoms with Gasteiger partial charge in [-0.25, -0.2) is 0 Å². The number of nitrogens with zero attached hydrogens (tertiary/aromatic N) is 2. The van der Waals surface area contributed by atoms with E-state index in [1.165, 1.54) is 0 Å². The topological polar surface area (TPSA) is 78.7 Å². The average molecular weight is 305 g/mol. The molecule has 3 N–H and O–H groups in total. The summed E-state index contributed by atoms with van der Waals surface area (Å²) < 4.78 is 0. The van der Waals surface area contributed by atoms with Crippen LogP contribution in [0.2, 0.25) is 0 Å². The summed E-state index contributed by atoms with van der Waals surface area (Å²) in [5.74, 6) is -0.345. The van der Waals surface area contributed by atoms with Crippen molar-refractivity contribution in [1.82, 2.24) is 15.1 Å². The van der Waals surface area contributed by atoms with Gasteiger partial charge in [0.1, 0.15) is 0 Å². The molecule has 2 atom stereocenters. The Kier molecular flexibility index (Phi) is 6.71. The van der Waals surface area contributed by atoms with E-state index < -0.39 is 0 Å². The van der Waals surface area contributed by atoms with Crippen molar-refractivity contribution in [2.75, 3.05) is 39.8 Å². The molecular weight excluding hydrogens is 280 g/mol. The molecule has 2 rings (SSSR count). The summed E-state index contributed by atoms with van der Waals surface area (Å²) in [6.07, 6.45) is 2.77. The molecule has 0 aliphatic carbocycles. The summed E-state index contributed by atoms with van der Waals surface area (Å²) in [5.41, 5.74) is 5.33. The van der Waals surface area contributed by atoms with Crippen LogP contribution in [0.3, 0.4) is 0 Å². The van der Waals surface area contributed by atoms with Crippen molar-refractivity contribution in [3.63, 3.8) is 0 Å². The molecule has 116 valence electrons. The Morgan fingerprint density at radius 2 is 2.15 bits per heavy atom. The fourth-order valence-electron chi connectivity index (χ4n) is 2.89. The molecule has 2 unspecified atom stereocenters. The van der Waals surface area contributed by atoms with E-state index in [4.69, 9.17) is 5.73 Å². The van der Waals surface area contributed by atoms with Crippen molar-refractivity contribution in [3.8, 4) is 0 Å². The van der Waals surface area contributed by atoms with Gasteiger partial charge in [0, 0.05) is 25.7 Å². The molecule has 0 saturated carbocycles. The van der Waals surface area contributed by atoms with Gasteiger partial charge >= 0.3 is 0 Å². The summed E-state index contributed by atoms with van der Waals surface area (Å²) in [4.78, 5) is 27.4. The smallest absolute Gasteiger partial charge is 0.236 e. The zero-order valence-electron chi connectivity index (χ0n) is 12.0. The number of piperidine rings is 1. The molecule has 0 spiro atoms. The van der Waals surface area contributed by atoms with Gasteiger partial charge in [-0.15, -0.1) is 12.4 Å². The quantitative estimate of drug-likeness (QED) is 0.729. The SMILES string of the molecule is CN(CC(=O)N1CCCC(C(N)=O)C1)C1CCNC1.Cl. The predicted molar refractivity (Wildman–Crippen MR) is 79.7 cm³/mol. The predicted octanol–water partition coefficient (Wildman–Crippen LogP) is -0.574. The van der Waals surface area contributed by atoms with Crippen molar-refractivity contribution < 1.29 is 9.59 Å². The second-order valence-electron chi connectivity index (χ2n) is 5.64. The first kappa shape index (κ1) is 17.2. The number of primary amides is 1. The van der Waals surface area contributed by atoms with Crippen molar-refractivity contribution in [2.45, 2.75) is 25.3 Å². The molecule has 7 heteroatoms. The Balaban J connectivity index is 0.00000200. The molecule has 6 nitrogen and oxygen atoms in total. The number of likely N-dealkylation sites (N-methyl/N-ethyl adjacent to an activating group) is 1. The molecule has 0 bridgehead atoms. The number of rotatable bonds is 4. The van der Waals surface area contributed by atoms with Crippen molar-refractivity contribution in [3.05, 3.63) is 0 Å². The van der Waals surface area contributed by atoms with Crippen LogP contribution in [0, 0.1) is 5.92 Å². The van der Waals surface area contributed by atoms with Crippen molar-refractivity contribution in [1.29, 1.82) is 0 Å². The molecule has 0 aromatic carbocycles. The minimum atomic E-state index is -0.286. The number of hydrogen-bond acceptors (Lipinski definition) is 4. The Morgan fingerprint density at radius 1 is 1.40 bits per heavy atom. The van der Waals surface area contributed by atoms with Crippen LogP contribution < -0.4 is 11.1 Å². The Labute approximate surface area is 126 Å². The Hall–Kier alpha value is -0.850. The zero-order valence-corrected chi connectivity index (χ0v) is 12.8. The van der Waals surface area contributed by atoms with Gasteiger partial charge in [0.2, 0.25) is 11.8 Å². The van der Waals surface area contributed by atoms with E-state index in [1.807, 2.05) is 7.05 Å². The maximum absolute atomic E-state index is 12.2. The Bertz CT molecular complexity index is 347. The van der Waals surface area contributed by atoms with E-state index in [0.717, 1.165) is 38.9 Å². The number of likely N-dealkylation sites (tertiary alicyclic amines) is 1. The molecule has 2 saturated heterocycles. The lowest BCUT2D eigenvalue weighted by Gasteiger charge is -2.33. The van der Waals surface area contributed by atoms with Gasteiger partial charge in [-0.3, -0.25) is 14.5 Å². The Morgan fingerprint density at radius 3 is 2.75 bits per heavy atom. The van der Waals surface area contributed by atoms with Gasteiger partial charge in [0.15, 0.2) is 0 Å². The fourth-order valence-corrected chi connectivity index (χ4v) is 2.89. The molecule has 2 heterocycles. The molecular formula is C13H25ClN4O2. The first-order valence-electron chi connectivity index (χ1n) is 7.06. The van der Waals surface area contributed by atoms with E-state index in [-0.39, 0.29) is 30.1 Å². The first-order valence-corrected chi connectivity index (χ1v) is 7.06. The van der Waals surface area contributed by atoms with Gasteiger partial charge in [-0.2, -0.15) is 0 Å². The molecule has 0 aromatic rings. The van der Waals surface area contributed by atoms with E-state index in [9.17, 15) is 9.59 Å². The molecule has 0 aromatic heterocycles. The fraction of sp³-hybridized carbons (Fsp3) is 0.846. The lowest BCUT2D eigenvalue weighted by Crippen LogP contribution is -2.48. The number of nitrogens with one attached hydrogen (secondary N) is 1. The van der Waals surface area contributed by atoms with E-state index in [2.05, 4.69) is 10.2 Å². The summed E-state index contributed by atoms with van der Waals surface area (Å²) in [6, 6.07) is 0.445. The normalized spacial score (nSPS) is 26.4. The minimum absolute atomic E-state index is 0. The molecule has 0 radical (unpaired) electrons. The second-order valence-corrected chi connectivity index (χ2v) is 5.64. The molecule has 20 heavy (non-hydrogen) atoms. The van der Waals surface area contributed by atoms with E-state index >= 15 is 0 Å². The monoisotopic (exact) mass is 304 g/mol. The van der Waals surface area contributed by atoms with Gasteiger partial charge in [-0.05, 0) is 32.9 Å². The largest absolute Gasteiger partial charge is 0.369 e. The van der Waals surface area contributed by atoms with Crippen LogP contribution in [0.1, 0.15) is 19.3 Å². The van der Waals surface area contributed by atoms with Crippen LogP contribution in [-0.2, 0) is 9.59 Å². The molecule has 2 aliphatic heterocycles.